The molecule has 0 aliphatic rings. The van der Waals surface area contributed by atoms with Crippen molar-refractivity contribution in [2.24, 2.45) is 0 Å². The molecule has 3 aromatic heterocycles. The second-order valence-electron chi connectivity index (χ2n) is 9.23. The van der Waals surface area contributed by atoms with E-state index < -0.39 is 24.5 Å². The first-order valence-electron chi connectivity index (χ1n) is 12.1. The van der Waals surface area contributed by atoms with Gasteiger partial charge >= 0.3 is 12.4 Å². The van der Waals surface area contributed by atoms with Crippen molar-refractivity contribution >= 4 is 45.1 Å². The Morgan fingerprint density at radius 1 is 0.902 bits per heavy atom. The molecule has 3 heterocycles. The number of aryl methyl sites for hydroxylation is 1. The van der Waals surface area contributed by atoms with Crippen LogP contribution in [0.2, 0.25) is 0 Å². The van der Waals surface area contributed by atoms with Crippen LogP contribution < -0.4 is 10.0 Å². The van der Waals surface area contributed by atoms with E-state index in [0.29, 0.717) is 32.7 Å². The molecule has 0 bridgehead atoms. The summed E-state index contributed by atoms with van der Waals surface area (Å²) in [5.74, 6) is 0.547. The summed E-state index contributed by atoms with van der Waals surface area (Å²) < 4.78 is 83.3. The Balaban J connectivity index is 1.52. The number of aromatic nitrogens is 4. The highest BCUT2D eigenvalue weighted by atomic mass is 32.2. The molecule has 0 amide bonds. The summed E-state index contributed by atoms with van der Waals surface area (Å²) in [5.41, 5.74) is -2.46. The van der Waals surface area contributed by atoms with E-state index >= 15 is 0 Å². The minimum atomic E-state index is -5.96. The maximum absolute atomic E-state index is 13.3. The van der Waals surface area contributed by atoms with Crippen molar-refractivity contribution in [3.8, 4) is 11.3 Å². The van der Waals surface area contributed by atoms with E-state index in [-0.39, 0.29) is 5.52 Å². The molecule has 5 rings (SSSR count). The molecule has 0 unspecified atom stereocenters. The number of nitrogens with zero attached hydrogens (tertiary/aromatic N) is 4. The zero-order valence-corrected chi connectivity index (χ0v) is 22.3. The molecule has 0 aliphatic heterocycles. The quantitative estimate of drug-likeness (QED) is 0.142. The molecule has 0 atom stereocenters. The fourth-order valence-corrected chi connectivity index (χ4v) is 4.96. The summed E-state index contributed by atoms with van der Waals surface area (Å²) in [6.45, 7) is -0.168. The van der Waals surface area contributed by atoms with Crippen LogP contribution in [-0.4, -0.2) is 49.9 Å². The Bertz CT molecular complexity index is 1700. The lowest BCUT2D eigenvalue weighted by Gasteiger charge is -2.32. The van der Waals surface area contributed by atoms with Crippen LogP contribution in [0, 0.1) is 6.92 Å². The Morgan fingerprint density at radius 3 is 2.27 bits per heavy atom. The van der Waals surface area contributed by atoms with Crippen LogP contribution in [0.5, 0.6) is 0 Å². The van der Waals surface area contributed by atoms with Gasteiger partial charge in [-0.1, -0.05) is 6.07 Å². The van der Waals surface area contributed by atoms with Gasteiger partial charge in [-0.25, -0.2) is 4.98 Å². The van der Waals surface area contributed by atoms with Gasteiger partial charge in [0.05, 0.1) is 24.0 Å². The van der Waals surface area contributed by atoms with E-state index in [1.807, 2.05) is 37.4 Å². The molecule has 0 fully saturated rings. The van der Waals surface area contributed by atoms with Crippen molar-refractivity contribution in [1.29, 1.82) is 0 Å². The standard InChI is InChI=1S/C27H22F6N6OS/c1-15-19(7-8-22-21(15)13-37-39(22)14-25(40,26(28,29)30)27(31,32)33)24-20-11-23(36-12-16(20)9-10-35-24)38-17-3-5-18(6-4-17)41-34-2/h3-13,34,40H,14H2,1-2H3,(H,36,38). The van der Waals surface area contributed by atoms with Crippen LogP contribution in [0.15, 0.2) is 72.0 Å². The van der Waals surface area contributed by atoms with Gasteiger partial charge in [0.25, 0.3) is 5.60 Å². The fraction of sp³-hybridized carbons (Fsp3) is 0.222. The van der Waals surface area contributed by atoms with Crippen molar-refractivity contribution < 1.29 is 31.4 Å². The second kappa shape index (κ2) is 10.5. The highest BCUT2D eigenvalue weighted by molar-refractivity contribution is 7.97. The van der Waals surface area contributed by atoms with E-state index in [2.05, 4.69) is 25.1 Å². The van der Waals surface area contributed by atoms with Crippen molar-refractivity contribution in [2.45, 2.75) is 36.3 Å². The molecule has 2 aromatic carbocycles. The average Bonchev–Trinajstić information content (AvgIpc) is 3.32. The Morgan fingerprint density at radius 2 is 1.61 bits per heavy atom. The molecule has 7 nitrogen and oxygen atoms in total. The molecular weight excluding hydrogens is 570 g/mol. The van der Waals surface area contributed by atoms with Crippen LogP contribution in [-0.2, 0) is 6.54 Å². The first-order valence-corrected chi connectivity index (χ1v) is 12.9. The van der Waals surface area contributed by atoms with Crippen LogP contribution in [0.4, 0.5) is 37.8 Å². The fourth-order valence-electron chi connectivity index (χ4n) is 4.45. The minimum absolute atomic E-state index is 0.00215. The van der Waals surface area contributed by atoms with Gasteiger partial charge in [-0.3, -0.25) is 14.4 Å². The molecule has 214 valence electrons. The molecule has 0 saturated carbocycles. The largest absolute Gasteiger partial charge is 0.428 e. The lowest BCUT2D eigenvalue weighted by Crippen LogP contribution is -2.59. The molecule has 0 saturated heterocycles. The molecule has 0 radical (unpaired) electrons. The van der Waals surface area contributed by atoms with Gasteiger partial charge in [-0.2, -0.15) is 31.4 Å². The van der Waals surface area contributed by atoms with Gasteiger partial charge in [0.1, 0.15) is 5.82 Å². The molecule has 14 heteroatoms. The van der Waals surface area contributed by atoms with E-state index in [0.717, 1.165) is 21.4 Å². The molecule has 0 spiro atoms. The van der Waals surface area contributed by atoms with Crippen molar-refractivity contribution in [1.82, 2.24) is 24.5 Å². The first kappa shape index (κ1) is 28.6. The Labute approximate surface area is 233 Å². The second-order valence-corrected chi connectivity index (χ2v) is 10.3. The predicted molar refractivity (Wildman–Crippen MR) is 145 cm³/mol. The van der Waals surface area contributed by atoms with Gasteiger partial charge in [0.2, 0.25) is 0 Å². The maximum atomic E-state index is 13.3. The first-order chi connectivity index (χ1) is 19.3. The van der Waals surface area contributed by atoms with E-state index in [9.17, 15) is 31.4 Å². The third kappa shape index (κ3) is 5.29. The molecule has 5 aromatic rings. The summed E-state index contributed by atoms with van der Waals surface area (Å²) in [7, 11) is 1.83. The zero-order valence-electron chi connectivity index (χ0n) is 21.5. The minimum Gasteiger partial charge on any atom is -0.372 e. The number of hydrogen-bond acceptors (Lipinski definition) is 7. The average molecular weight is 593 g/mol. The van der Waals surface area contributed by atoms with Gasteiger partial charge in [-0.05, 0) is 73.9 Å². The summed E-state index contributed by atoms with van der Waals surface area (Å²) in [4.78, 5) is 10.0. The van der Waals surface area contributed by atoms with Gasteiger partial charge in [-0.15, -0.1) is 0 Å². The number of rotatable bonds is 7. The number of fused-ring (bicyclic) bond motifs is 2. The van der Waals surface area contributed by atoms with Crippen LogP contribution in [0.1, 0.15) is 5.56 Å². The van der Waals surface area contributed by atoms with E-state index in [1.165, 1.54) is 24.2 Å². The van der Waals surface area contributed by atoms with Crippen LogP contribution in [0.3, 0.4) is 0 Å². The number of hydrogen-bond donors (Lipinski definition) is 3. The van der Waals surface area contributed by atoms with Crippen LogP contribution in [0.25, 0.3) is 32.9 Å². The lowest BCUT2D eigenvalue weighted by molar-refractivity contribution is -0.372. The normalized spacial score (nSPS) is 12.8. The van der Waals surface area contributed by atoms with Crippen LogP contribution >= 0.6 is 11.9 Å². The summed E-state index contributed by atoms with van der Waals surface area (Å²) >= 11 is 1.48. The summed E-state index contributed by atoms with van der Waals surface area (Å²) in [6, 6.07) is 14.2. The molecule has 0 aliphatic carbocycles. The van der Waals surface area contributed by atoms with E-state index in [4.69, 9.17) is 0 Å². The highest BCUT2D eigenvalue weighted by Gasteiger charge is 2.70. The SMILES string of the molecule is CNSc1ccc(Nc2cc3c(-c4ccc5c(cnn5CC(O)(C(F)(F)F)C(F)(F)F)c4C)nccc3cn2)cc1. The number of anilines is 2. The maximum Gasteiger partial charge on any atom is 0.428 e. The number of aliphatic hydroxyl groups is 1. The monoisotopic (exact) mass is 592 g/mol. The number of benzene rings is 2. The van der Waals surface area contributed by atoms with Crippen molar-refractivity contribution in [3.05, 3.63) is 72.7 Å². The third-order valence-corrected chi connectivity index (χ3v) is 7.37. The number of alkyl halides is 6. The topological polar surface area (TPSA) is 87.9 Å². The Kier molecular flexibility index (Phi) is 7.34. The van der Waals surface area contributed by atoms with Crippen molar-refractivity contribution in [3.63, 3.8) is 0 Å². The number of halogens is 6. The van der Waals surface area contributed by atoms with Gasteiger partial charge in [0.15, 0.2) is 0 Å². The molecule has 41 heavy (non-hydrogen) atoms. The number of pyridine rings is 2. The number of nitrogens with one attached hydrogen (secondary N) is 2. The summed E-state index contributed by atoms with van der Waals surface area (Å²) in [5, 5.41) is 18.5. The zero-order chi connectivity index (χ0) is 29.6. The van der Waals surface area contributed by atoms with E-state index in [1.54, 1.807) is 31.5 Å². The summed E-state index contributed by atoms with van der Waals surface area (Å²) in [6.07, 6.45) is -7.48. The van der Waals surface area contributed by atoms with Crippen molar-refractivity contribution in [2.75, 3.05) is 12.4 Å². The lowest BCUT2D eigenvalue weighted by atomic mass is 9.98. The third-order valence-electron chi connectivity index (χ3n) is 6.66. The van der Waals surface area contributed by atoms with Gasteiger partial charge < -0.3 is 10.4 Å². The van der Waals surface area contributed by atoms with Gasteiger partial charge in [0, 0.05) is 44.7 Å². The Hall–Kier alpha value is -3.88. The molecule has 3 N–H and O–H groups in total. The smallest absolute Gasteiger partial charge is 0.372 e. The predicted octanol–water partition coefficient (Wildman–Crippen LogP) is 6.78. The molecular formula is C27H22F6N6OS. The highest BCUT2D eigenvalue weighted by Crippen LogP contribution is 2.44.